The number of carbonyl (C=O) groups excluding carboxylic acids is 1. The van der Waals surface area contributed by atoms with E-state index in [9.17, 15) is 4.79 Å². The first-order valence-electron chi connectivity index (χ1n) is 10.7. The van der Waals surface area contributed by atoms with Gasteiger partial charge >= 0.3 is 0 Å². The maximum absolute atomic E-state index is 13.7. The van der Waals surface area contributed by atoms with E-state index in [0.717, 1.165) is 51.1 Å². The third kappa shape index (κ3) is 2.19. The van der Waals surface area contributed by atoms with Crippen LogP contribution in [0.1, 0.15) is 63.9 Å². The third-order valence-electron chi connectivity index (χ3n) is 8.50. The average molecular weight is 353 g/mol. The second-order valence-corrected chi connectivity index (χ2v) is 9.69. The minimum atomic E-state index is -0.120. The molecule has 1 heterocycles. The highest BCUT2D eigenvalue weighted by Crippen LogP contribution is 2.77. The fraction of sp³-hybridized carbons (Fsp3) is 0.696. The van der Waals surface area contributed by atoms with E-state index in [1.807, 2.05) is 0 Å². The lowest BCUT2D eigenvalue weighted by atomic mass is 9.63. The molecule has 1 aromatic rings. The summed E-state index contributed by atoms with van der Waals surface area (Å²) in [4.78, 5) is 13.7. The molecule has 4 atom stereocenters. The topological polar surface area (TPSA) is 41.1 Å². The SMILES string of the molecule is CCC12CC3CC(c4ccccc4)(C1)CC2(C(=O)NC1CCNCC1)C3. The molecule has 3 nitrogen and oxygen atoms in total. The van der Waals surface area contributed by atoms with Crippen LogP contribution in [0, 0.1) is 16.7 Å². The van der Waals surface area contributed by atoms with Gasteiger partial charge in [0, 0.05) is 6.04 Å². The number of hydrogen-bond acceptors (Lipinski definition) is 2. The first-order chi connectivity index (χ1) is 12.6. The Morgan fingerprint density at radius 3 is 2.62 bits per heavy atom. The molecule has 4 bridgehead atoms. The van der Waals surface area contributed by atoms with Crippen molar-refractivity contribution < 1.29 is 4.79 Å². The number of rotatable bonds is 4. The van der Waals surface area contributed by atoms with Crippen molar-refractivity contribution >= 4 is 5.91 Å². The van der Waals surface area contributed by atoms with Crippen LogP contribution in [0.2, 0.25) is 0 Å². The van der Waals surface area contributed by atoms with Gasteiger partial charge in [-0.1, -0.05) is 37.3 Å². The van der Waals surface area contributed by atoms with Gasteiger partial charge in [0.25, 0.3) is 0 Å². The van der Waals surface area contributed by atoms with E-state index in [2.05, 4.69) is 47.9 Å². The highest BCUT2D eigenvalue weighted by molar-refractivity contribution is 5.85. The van der Waals surface area contributed by atoms with Gasteiger partial charge in [-0.15, -0.1) is 0 Å². The Labute approximate surface area is 157 Å². The minimum absolute atomic E-state index is 0.120. The normalized spacial score (nSPS) is 41.5. The molecule has 26 heavy (non-hydrogen) atoms. The van der Waals surface area contributed by atoms with Crippen molar-refractivity contribution in [1.82, 2.24) is 10.6 Å². The lowest BCUT2D eigenvalue weighted by molar-refractivity contribution is -0.137. The number of benzene rings is 1. The molecular weight excluding hydrogens is 320 g/mol. The van der Waals surface area contributed by atoms with Gasteiger partial charge in [-0.25, -0.2) is 0 Å². The number of piperidine rings is 1. The Balaban J connectivity index is 1.49. The molecule has 0 aromatic heterocycles. The van der Waals surface area contributed by atoms with Gasteiger partial charge in [0.2, 0.25) is 5.91 Å². The largest absolute Gasteiger partial charge is 0.353 e. The number of carbonyl (C=O) groups is 1. The van der Waals surface area contributed by atoms with E-state index in [0.29, 0.717) is 11.9 Å². The van der Waals surface area contributed by atoms with Gasteiger partial charge < -0.3 is 10.6 Å². The Bertz CT molecular complexity index is 697. The van der Waals surface area contributed by atoms with E-state index in [4.69, 9.17) is 0 Å². The fourth-order valence-electron chi connectivity index (χ4n) is 7.58. The lowest BCUT2D eigenvalue weighted by Gasteiger charge is -2.41. The van der Waals surface area contributed by atoms with Crippen LogP contribution in [0.5, 0.6) is 0 Å². The third-order valence-corrected chi connectivity index (χ3v) is 8.50. The van der Waals surface area contributed by atoms with Crippen molar-refractivity contribution in [3.8, 4) is 0 Å². The maximum atomic E-state index is 13.7. The van der Waals surface area contributed by atoms with Crippen LogP contribution in [-0.4, -0.2) is 25.0 Å². The molecule has 1 aliphatic heterocycles. The summed E-state index contributed by atoms with van der Waals surface area (Å²) in [6.45, 7) is 4.40. The van der Waals surface area contributed by atoms with Crippen molar-refractivity contribution in [3.63, 3.8) is 0 Å². The zero-order chi connectivity index (χ0) is 17.8. The lowest BCUT2D eigenvalue weighted by Crippen LogP contribution is -2.52. The van der Waals surface area contributed by atoms with E-state index in [1.165, 1.54) is 24.8 Å². The molecule has 0 spiro atoms. The zero-order valence-corrected chi connectivity index (χ0v) is 16.0. The van der Waals surface area contributed by atoms with Crippen LogP contribution in [-0.2, 0) is 10.2 Å². The summed E-state index contributed by atoms with van der Waals surface area (Å²) in [7, 11) is 0. The molecule has 4 aliphatic carbocycles. The molecule has 5 aliphatic rings. The first-order valence-corrected chi connectivity index (χ1v) is 10.7. The summed E-state index contributed by atoms with van der Waals surface area (Å²) in [5.74, 6) is 1.13. The predicted molar refractivity (Wildman–Crippen MR) is 104 cm³/mol. The van der Waals surface area contributed by atoms with Crippen molar-refractivity contribution in [2.45, 2.75) is 69.7 Å². The van der Waals surface area contributed by atoms with E-state index in [-0.39, 0.29) is 16.2 Å². The molecule has 6 rings (SSSR count). The van der Waals surface area contributed by atoms with Gasteiger partial charge in [-0.2, -0.15) is 0 Å². The number of nitrogens with one attached hydrogen (secondary N) is 2. The van der Waals surface area contributed by atoms with Gasteiger partial charge in [0.05, 0.1) is 5.41 Å². The quantitative estimate of drug-likeness (QED) is 0.866. The first kappa shape index (κ1) is 16.8. The monoisotopic (exact) mass is 352 g/mol. The van der Waals surface area contributed by atoms with Crippen LogP contribution in [0.4, 0.5) is 0 Å². The molecule has 1 saturated heterocycles. The van der Waals surface area contributed by atoms with Crippen LogP contribution in [0.3, 0.4) is 0 Å². The summed E-state index contributed by atoms with van der Waals surface area (Å²) in [6, 6.07) is 11.5. The minimum Gasteiger partial charge on any atom is -0.353 e. The molecular formula is C23H32N2O. The summed E-state index contributed by atoms with van der Waals surface area (Å²) < 4.78 is 0. The molecule has 3 heteroatoms. The fourth-order valence-corrected chi connectivity index (χ4v) is 7.58. The van der Waals surface area contributed by atoms with Gasteiger partial charge in [0.1, 0.15) is 0 Å². The summed E-state index contributed by atoms with van der Waals surface area (Å²) in [6.07, 6.45) is 9.30. The molecule has 4 saturated carbocycles. The van der Waals surface area contributed by atoms with Gasteiger partial charge in [0.15, 0.2) is 0 Å². The summed E-state index contributed by atoms with van der Waals surface area (Å²) >= 11 is 0. The second-order valence-electron chi connectivity index (χ2n) is 9.69. The summed E-state index contributed by atoms with van der Waals surface area (Å²) in [5, 5.41) is 6.92. The van der Waals surface area contributed by atoms with Crippen LogP contribution < -0.4 is 10.6 Å². The van der Waals surface area contributed by atoms with Crippen LogP contribution in [0.25, 0.3) is 0 Å². The van der Waals surface area contributed by atoms with E-state index in [1.54, 1.807) is 0 Å². The van der Waals surface area contributed by atoms with Crippen molar-refractivity contribution in [2.24, 2.45) is 16.7 Å². The van der Waals surface area contributed by atoms with Crippen molar-refractivity contribution in [3.05, 3.63) is 35.9 Å². The molecule has 4 unspecified atom stereocenters. The molecule has 1 aromatic carbocycles. The smallest absolute Gasteiger partial charge is 0.227 e. The zero-order valence-electron chi connectivity index (χ0n) is 16.0. The Morgan fingerprint density at radius 2 is 1.88 bits per heavy atom. The highest BCUT2D eigenvalue weighted by atomic mass is 16.2. The predicted octanol–water partition coefficient (Wildman–Crippen LogP) is 3.78. The van der Waals surface area contributed by atoms with E-state index >= 15 is 0 Å². The summed E-state index contributed by atoms with van der Waals surface area (Å²) in [5.41, 5.74) is 1.83. The molecule has 140 valence electrons. The van der Waals surface area contributed by atoms with Crippen molar-refractivity contribution in [1.29, 1.82) is 0 Å². The number of amides is 1. The Hall–Kier alpha value is -1.35. The molecule has 5 fully saturated rings. The van der Waals surface area contributed by atoms with Gasteiger partial charge in [-0.05, 0) is 86.8 Å². The maximum Gasteiger partial charge on any atom is 0.227 e. The Morgan fingerprint density at radius 1 is 1.12 bits per heavy atom. The van der Waals surface area contributed by atoms with Crippen LogP contribution in [0.15, 0.2) is 30.3 Å². The molecule has 1 amide bonds. The second kappa shape index (κ2) is 5.82. The molecule has 2 N–H and O–H groups in total. The standard InChI is InChI=1S/C23H32N2O/c1-2-22-13-17-12-21(15-22,18-6-4-3-5-7-18)16-23(22,14-17)20(26)25-19-8-10-24-11-9-19/h3-7,17,19,24H,2,8-16H2,1H3,(H,25,26). The van der Waals surface area contributed by atoms with Crippen LogP contribution >= 0.6 is 0 Å². The Kier molecular flexibility index (Phi) is 3.76. The molecule has 0 radical (unpaired) electrons. The van der Waals surface area contributed by atoms with Gasteiger partial charge in [-0.3, -0.25) is 4.79 Å². The van der Waals surface area contributed by atoms with Crippen molar-refractivity contribution in [2.75, 3.05) is 13.1 Å². The highest BCUT2D eigenvalue weighted by Gasteiger charge is 2.73. The number of hydrogen-bond donors (Lipinski definition) is 2. The average Bonchev–Trinajstić information content (AvgIpc) is 3.03. The van der Waals surface area contributed by atoms with E-state index < -0.39 is 0 Å².